The van der Waals surface area contributed by atoms with E-state index in [1.807, 2.05) is 48.5 Å². The van der Waals surface area contributed by atoms with Gasteiger partial charge in [-0.25, -0.2) is 0 Å². The summed E-state index contributed by atoms with van der Waals surface area (Å²) in [5, 5.41) is 2.84. The van der Waals surface area contributed by atoms with Crippen LogP contribution >= 0.6 is 8.60 Å². The van der Waals surface area contributed by atoms with Gasteiger partial charge in [-0.3, -0.25) is 15.4 Å². The molecule has 0 bridgehead atoms. The van der Waals surface area contributed by atoms with Crippen LogP contribution in [-0.4, -0.2) is 74.3 Å². The Morgan fingerprint density at radius 3 is 2.14 bits per heavy atom. The van der Waals surface area contributed by atoms with Crippen LogP contribution in [0.1, 0.15) is 53.9 Å². The molecule has 13 heteroatoms. The van der Waals surface area contributed by atoms with Crippen LogP contribution in [0.25, 0.3) is 11.4 Å². The molecular formula is C30H43N4O8P. The smallest absolute Gasteiger partial charge is 0.327 e. The van der Waals surface area contributed by atoms with Gasteiger partial charge in [0.05, 0.1) is 57.6 Å². The van der Waals surface area contributed by atoms with Gasteiger partial charge < -0.3 is 45.0 Å². The lowest BCUT2D eigenvalue weighted by molar-refractivity contribution is -0.122. The molecule has 0 radical (unpaired) electrons. The molecule has 12 nitrogen and oxygen atoms in total. The van der Waals surface area contributed by atoms with Gasteiger partial charge in [0.2, 0.25) is 5.91 Å². The lowest BCUT2D eigenvalue weighted by atomic mass is 9.80. The van der Waals surface area contributed by atoms with Gasteiger partial charge in [0.25, 0.3) is 0 Å². The molecule has 2 aromatic carbocycles. The molecule has 0 aliphatic heterocycles. The SMILES string of the molecule is NN/C1=C(\N)c2ccccc2C(C(=O)CCCCC(=O)NCCOCCOCCOCCOP(O)O)Cc2ccccc21. The molecule has 0 spiro atoms. The van der Waals surface area contributed by atoms with Crippen LogP contribution in [-0.2, 0) is 34.7 Å². The predicted molar refractivity (Wildman–Crippen MR) is 164 cm³/mol. The molecule has 1 atom stereocenters. The van der Waals surface area contributed by atoms with E-state index in [1.165, 1.54) is 0 Å². The first kappa shape index (κ1) is 34.6. The molecule has 0 saturated heterocycles. The third-order valence-corrected chi connectivity index (χ3v) is 7.38. The minimum Gasteiger partial charge on any atom is -0.397 e. The summed E-state index contributed by atoms with van der Waals surface area (Å²) in [5.74, 6) is 5.56. The molecule has 0 aromatic heterocycles. The van der Waals surface area contributed by atoms with Crippen LogP contribution < -0.4 is 22.3 Å². The van der Waals surface area contributed by atoms with E-state index in [9.17, 15) is 9.59 Å². The first-order valence-electron chi connectivity index (χ1n) is 14.4. The fourth-order valence-corrected chi connectivity index (χ4v) is 5.11. The molecule has 1 aliphatic carbocycles. The molecule has 8 N–H and O–H groups in total. The van der Waals surface area contributed by atoms with Gasteiger partial charge in [-0.15, -0.1) is 0 Å². The second-order valence-corrected chi connectivity index (χ2v) is 10.6. The van der Waals surface area contributed by atoms with Gasteiger partial charge in [0.15, 0.2) is 0 Å². The maximum atomic E-state index is 13.5. The molecule has 1 amide bonds. The number of Topliss-reactive ketones (excluding diaryl/α,β-unsaturated/α-hetero) is 1. The van der Waals surface area contributed by atoms with Gasteiger partial charge in [0.1, 0.15) is 5.78 Å². The highest BCUT2D eigenvalue weighted by atomic mass is 31.2. The van der Waals surface area contributed by atoms with Crippen molar-refractivity contribution < 1.29 is 38.1 Å². The van der Waals surface area contributed by atoms with Crippen LogP contribution in [0.4, 0.5) is 0 Å². The lowest BCUT2D eigenvalue weighted by Gasteiger charge is -2.26. The Morgan fingerprint density at radius 1 is 0.837 bits per heavy atom. The largest absolute Gasteiger partial charge is 0.397 e. The first-order valence-corrected chi connectivity index (χ1v) is 15.6. The van der Waals surface area contributed by atoms with E-state index < -0.39 is 8.60 Å². The quantitative estimate of drug-likeness (QED) is 0.0552. The van der Waals surface area contributed by atoms with Crippen molar-refractivity contribution in [2.45, 2.75) is 38.0 Å². The minimum atomic E-state index is -2.34. The van der Waals surface area contributed by atoms with Gasteiger partial charge in [-0.2, -0.15) is 0 Å². The molecule has 1 aliphatic rings. The maximum absolute atomic E-state index is 13.5. The molecule has 0 heterocycles. The zero-order valence-electron chi connectivity index (χ0n) is 24.3. The Hall–Kier alpha value is -2.93. The molecule has 236 valence electrons. The summed E-state index contributed by atoms with van der Waals surface area (Å²) >= 11 is 0. The summed E-state index contributed by atoms with van der Waals surface area (Å²) in [6.07, 6.45) is 2.47. The van der Waals surface area contributed by atoms with Crippen molar-refractivity contribution in [1.29, 1.82) is 0 Å². The number of ketones is 1. The Balaban J connectivity index is 1.33. The number of hydrogen-bond donors (Lipinski definition) is 6. The van der Waals surface area contributed by atoms with Gasteiger partial charge in [-0.05, 0) is 30.4 Å². The average molecular weight is 619 g/mol. The highest BCUT2D eigenvalue weighted by Crippen LogP contribution is 2.36. The number of carbonyl (C=O) groups excluding carboxylic acids is 2. The Morgan fingerprint density at radius 2 is 1.44 bits per heavy atom. The minimum absolute atomic E-state index is 0.0756. The fourth-order valence-electron chi connectivity index (χ4n) is 4.87. The summed E-state index contributed by atoms with van der Waals surface area (Å²) in [7, 11) is -2.34. The number of hydrogen-bond acceptors (Lipinski definition) is 11. The zero-order valence-corrected chi connectivity index (χ0v) is 25.2. The van der Waals surface area contributed by atoms with E-state index >= 15 is 0 Å². The fraction of sp³-hybridized carbons (Fsp3) is 0.467. The van der Waals surface area contributed by atoms with Crippen molar-refractivity contribution in [2.24, 2.45) is 11.6 Å². The number of nitrogens with two attached hydrogens (primary N) is 2. The van der Waals surface area contributed by atoms with E-state index in [0.717, 1.165) is 22.3 Å². The number of amides is 1. The van der Waals surface area contributed by atoms with Crippen LogP contribution in [0.2, 0.25) is 0 Å². The van der Waals surface area contributed by atoms with Crippen molar-refractivity contribution in [3.63, 3.8) is 0 Å². The number of nitrogens with one attached hydrogen (secondary N) is 2. The van der Waals surface area contributed by atoms with Crippen molar-refractivity contribution in [3.05, 3.63) is 70.8 Å². The van der Waals surface area contributed by atoms with E-state index in [1.54, 1.807) is 0 Å². The average Bonchev–Trinajstić information content (AvgIpc) is 3.00. The molecular weight excluding hydrogens is 575 g/mol. The second kappa shape index (κ2) is 19.4. The predicted octanol–water partition coefficient (Wildman–Crippen LogP) is 2.10. The number of hydrazine groups is 1. The number of carbonyl (C=O) groups is 2. The van der Waals surface area contributed by atoms with Crippen LogP contribution in [0.3, 0.4) is 0 Å². The van der Waals surface area contributed by atoms with Crippen molar-refractivity contribution in [2.75, 3.05) is 52.8 Å². The summed E-state index contributed by atoms with van der Waals surface area (Å²) < 4.78 is 20.6. The third-order valence-electron chi connectivity index (χ3n) is 6.96. The molecule has 2 aromatic rings. The van der Waals surface area contributed by atoms with Gasteiger partial charge in [0, 0.05) is 36.4 Å². The van der Waals surface area contributed by atoms with E-state index in [2.05, 4.69) is 15.3 Å². The zero-order chi connectivity index (χ0) is 30.9. The highest BCUT2D eigenvalue weighted by Gasteiger charge is 2.28. The van der Waals surface area contributed by atoms with E-state index in [0.29, 0.717) is 83.1 Å². The molecule has 0 fully saturated rings. The van der Waals surface area contributed by atoms with Crippen molar-refractivity contribution in [3.8, 4) is 0 Å². The lowest BCUT2D eigenvalue weighted by Crippen LogP contribution is -2.28. The van der Waals surface area contributed by atoms with E-state index in [4.69, 9.17) is 35.6 Å². The number of benzene rings is 2. The van der Waals surface area contributed by atoms with Crippen LogP contribution in [0.15, 0.2) is 48.5 Å². The summed E-state index contributed by atoms with van der Waals surface area (Å²) in [6.45, 7) is 2.66. The second-order valence-electron chi connectivity index (χ2n) is 9.88. The summed E-state index contributed by atoms with van der Waals surface area (Å²) in [4.78, 5) is 42.9. The summed E-state index contributed by atoms with van der Waals surface area (Å²) in [6, 6.07) is 15.5. The topological polar surface area (TPSA) is 188 Å². The van der Waals surface area contributed by atoms with Crippen molar-refractivity contribution in [1.82, 2.24) is 10.7 Å². The number of fused-ring (bicyclic) bond motifs is 2. The van der Waals surface area contributed by atoms with Crippen molar-refractivity contribution >= 4 is 31.7 Å². The number of unbranched alkanes of at least 4 members (excludes halogenated alkanes) is 1. The Kier molecular flexibility index (Phi) is 15.6. The number of ether oxygens (including phenoxy) is 3. The monoisotopic (exact) mass is 618 g/mol. The Bertz CT molecular complexity index is 1200. The van der Waals surface area contributed by atoms with E-state index in [-0.39, 0.29) is 30.8 Å². The highest BCUT2D eigenvalue weighted by molar-refractivity contribution is 7.39. The molecule has 43 heavy (non-hydrogen) atoms. The maximum Gasteiger partial charge on any atom is 0.327 e. The van der Waals surface area contributed by atoms with Gasteiger partial charge in [-0.1, -0.05) is 48.5 Å². The first-order chi connectivity index (χ1) is 20.9. The Labute approximate surface area is 253 Å². The number of rotatable bonds is 20. The summed E-state index contributed by atoms with van der Waals surface area (Å²) in [5.41, 5.74) is 14.0. The molecule has 3 rings (SSSR count). The normalized spacial score (nSPS) is 16.2. The molecule has 1 unspecified atom stereocenters. The van der Waals surface area contributed by atoms with Gasteiger partial charge >= 0.3 is 8.60 Å². The van der Waals surface area contributed by atoms with Crippen LogP contribution in [0, 0.1) is 0 Å². The standard InChI is InChI=1S/C30H43N4O8P/c31-29-25-10-4-3-9-24(25)26(21-22-7-1-2-8-23(22)30(29)34-32)27(35)11-5-6-12-28(36)33-13-14-39-15-16-40-17-18-41-19-20-42-43(37)38/h1-4,7-10,26,34,37-38H,5-6,11-21,31-32H2,(H,33,36)/b30-29-. The molecule has 0 saturated carbocycles. The third kappa shape index (κ3) is 11.6. The van der Waals surface area contributed by atoms with Crippen LogP contribution in [0.5, 0.6) is 0 Å².